The summed E-state index contributed by atoms with van der Waals surface area (Å²) in [7, 11) is -4.07. The molecule has 39 heavy (non-hydrogen) atoms. The standard InChI is InChI=1S/C31H39N3O4S/c1-6-24(3)32-31(36)26(5)33(21-20-27-15-9-7-10-16-27)30(35)22-34(29-19-13-14-23(2)25(29)4)39(37,38)28-17-11-8-12-18-28/h7-19,24,26H,6,20-22H2,1-5H3,(H,32,36). The minimum absolute atomic E-state index is 0.0454. The van der Waals surface area contributed by atoms with Gasteiger partial charge in [0.05, 0.1) is 10.6 Å². The second-order valence-corrected chi connectivity index (χ2v) is 11.7. The topological polar surface area (TPSA) is 86.8 Å². The quantitative estimate of drug-likeness (QED) is 0.349. The van der Waals surface area contributed by atoms with Gasteiger partial charge in [0.25, 0.3) is 10.0 Å². The molecule has 3 aromatic rings. The van der Waals surface area contributed by atoms with Crippen LogP contribution < -0.4 is 9.62 Å². The molecule has 1 N–H and O–H groups in total. The van der Waals surface area contributed by atoms with Gasteiger partial charge in [-0.15, -0.1) is 0 Å². The molecule has 0 aliphatic carbocycles. The highest BCUT2D eigenvalue weighted by molar-refractivity contribution is 7.92. The van der Waals surface area contributed by atoms with Gasteiger partial charge in [-0.1, -0.05) is 67.6 Å². The van der Waals surface area contributed by atoms with Crippen molar-refractivity contribution >= 4 is 27.5 Å². The lowest BCUT2D eigenvalue weighted by atomic mass is 10.1. The van der Waals surface area contributed by atoms with E-state index in [0.717, 1.165) is 23.1 Å². The van der Waals surface area contributed by atoms with E-state index in [1.165, 1.54) is 21.3 Å². The molecule has 2 unspecified atom stereocenters. The fraction of sp³-hybridized carbons (Fsp3) is 0.355. The smallest absolute Gasteiger partial charge is 0.264 e. The molecule has 0 saturated carbocycles. The number of anilines is 1. The van der Waals surface area contributed by atoms with Crippen molar-refractivity contribution in [1.29, 1.82) is 0 Å². The lowest BCUT2D eigenvalue weighted by Gasteiger charge is -2.33. The van der Waals surface area contributed by atoms with Crippen LogP contribution in [0.2, 0.25) is 0 Å². The predicted molar refractivity (Wildman–Crippen MR) is 156 cm³/mol. The average Bonchev–Trinajstić information content (AvgIpc) is 2.94. The van der Waals surface area contributed by atoms with Crippen molar-refractivity contribution < 1.29 is 18.0 Å². The van der Waals surface area contributed by atoms with Crippen LogP contribution in [0.3, 0.4) is 0 Å². The Morgan fingerprint density at radius 1 is 0.872 bits per heavy atom. The zero-order valence-corrected chi connectivity index (χ0v) is 24.2. The van der Waals surface area contributed by atoms with Crippen LogP contribution in [0.5, 0.6) is 0 Å². The minimum atomic E-state index is -4.07. The van der Waals surface area contributed by atoms with E-state index in [4.69, 9.17) is 0 Å². The van der Waals surface area contributed by atoms with Gasteiger partial charge in [-0.3, -0.25) is 13.9 Å². The Morgan fingerprint density at radius 2 is 1.49 bits per heavy atom. The number of nitrogens with one attached hydrogen (secondary N) is 1. The van der Waals surface area contributed by atoms with Gasteiger partial charge in [0, 0.05) is 12.6 Å². The molecule has 0 bridgehead atoms. The van der Waals surface area contributed by atoms with E-state index in [-0.39, 0.29) is 23.4 Å². The molecule has 7 nitrogen and oxygen atoms in total. The number of aryl methyl sites for hydroxylation is 1. The Morgan fingerprint density at radius 3 is 2.10 bits per heavy atom. The van der Waals surface area contributed by atoms with E-state index in [2.05, 4.69) is 5.32 Å². The molecular weight excluding hydrogens is 510 g/mol. The number of carbonyl (C=O) groups excluding carboxylic acids is 2. The average molecular weight is 550 g/mol. The first-order chi connectivity index (χ1) is 18.6. The molecule has 0 spiro atoms. The lowest BCUT2D eigenvalue weighted by molar-refractivity contribution is -0.139. The molecule has 2 atom stereocenters. The van der Waals surface area contributed by atoms with E-state index < -0.39 is 28.5 Å². The van der Waals surface area contributed by atoms with E-state index in [9.17, 15) is 18.0 Å². The molecule has 0 heterocycles. The van der Waals surface area contributed by atoms with Crippen molar-refractivity contribution in [3.63, 3.8) is 0 Å². The van der Waals surface area contributed by atoms with E-state index in [1.807, 2.05) is 64.1 Å². The van der Waals surface area contributed by atoms with Crippen LogP contribution in [0, 0.1) is 13.8 Å². The van der Waals surface area contributed by atoms with E-state index >= 15 is 0 Å². The van der Waals surface area contributed by atoms with Crippen LogP contribution in [0.15, 0.2) is 83.8 Å². The number of hydrogen-bond donors (Lipinski definition) is 1. The number of rotatable bonds is 12. The molecule has 3 rings (SSSR count). The first kappa shape index (κ1) is 29.9. The molecule has 208 valence electrons. The summed E-state index contributed by atoms with van der Waals surface area (Å²) in [5.74, 6) is -0.715. The molecule has 2 amide bonds. The molecule has 0 aliphatic rings. The SMILES string of the molecule is CCC(C)NC(=O)C(C)N(CCc1ccccc1)C(=O)CN(c1cccc(C)c1C)S(=O)(=O)c1ccccc1. The maximum atomic E-state index is 14.0. The highest BCUT2D eigenvalue weighted by Crippen LogP contribution is 2.29. The summed E-state index contributed by atoms with van der Waals surface area (Å²) < 4.78 is 29.0. The molecule has 8 heteroatoms. The second kappa shape index (κ2) is 13.4. The number of sulfonamides is 1. The molecule has 0 radical (unpaired) electrons. The van der Waals surface area contributed by atoms with Crippen molar-refractivity contribution in [1.82, 2.24) is 10.2 Å². The van der Waals surface area contributed by atoms with E-state index in [1.54, 1.807) is 37.3 Å². The monoisotopic (exact) mass is 549 g/mol. The third kappa shape index (κ3) is 7.47. The number of nitrogens with zero attached hydrogens (tertiary/aromatic N) is 2. The van der Waals surface area contributed by atoms with Gasteiger partial charge in [-0.2, -0.15) is 0 Å². The van der Waals surface area contributed by atoms with Crippen molar-refractivity contribution in [2.45, 2.75) is 64.4 Å². The van der Waals surface area contributed by atoms with Gasteiger partial charge in [0.2, 0.25) is 11.8 Å². The zero-order chi connectivity index (χ0) is 28.6. The van der Waals surface area contributed by atoms with Crippen LogP contribution in [-0.2, 0) is 26.0 Å². The Labute approximate surface area is 232 Å². The van der Waals surface area contributed by atoms with Crippen LogP contribution >= 0.6 is 0 Å². The van der Waals surface area contributed by atoms with Crippen LogP contribution in [0.1, 0.15) is 43.9 Å². The molecule has 3 aromatic carbocycles. The third-order valence-corrected chi connectivity index (χ3v) is 8.88. The van der Waals surface area contributed by atoms with Gasteiger partial charge in [0.15, 0.2) is 0 Å². The zero-order valence-electron chi connectivity index (χ0n) is 23.4. The van der Waals surface area contributed by atoms with Crippen LogP contribution in [0.25, 0.3) is 0 Å². The van der Waals surface area contributed by atoms with Crippen molar-refractivity contribution in [2.24, 2.45) is 0 Å². The number of amides is 2. The fourth-order valence-corrected chi connectivity index (χ4v) is 5.77. The Balaban J connectivity index is 2.00. The normalized spacial score (nSPS) is 12.8. The fourth-order valence-electron chi connectivity index (χ4n) is 4.27. The first-order valence-corrected chi connectivity index (χ1v) is 14.8. The van der Waals surface area contributed by atoms with Crippen LogP contribution in [0.4, 0.5) is 5.69 Å². The molecule has 0 saturated heterocycles. The summed E-state index contributed by atoms with van der Waals surface area (Å²) in [6, 6.07) is 22.4. The largest absolute Gasteiger partial charge is 0.352 e. The van der Waals surface area contributed by atoms with E-state index in [0.29, 0.717) is 12.1 Å². The van der Waals surface area contributed by atoms with Gasteiger partial charge < -0.3 is 10.2 Å². The minimum Gasteiger partial charge on any atom is -0.352 e. The van der Waals surface area contributed by atoms with Crippen LogP contribution in [-0.4, -0.2) is 50.3 Å². The molecular formula is C31H39N3O4S. The molecule has 0 fully saturated rings. The summed E-state index contributed by atoms with van der Waals surface area (Å²) in [6.45, 7) is 9.16. The summed E-state index contributed by atoms with van der Waals surface area (Å²) in [6.07, 6.45) is 1.29. The summed E-state index contributed by atoms with van der Waals surface area (Å²) in [4.78, 5) is 28.7. The number of hydrogen-bond acceptors (Lipinski definition) is 4. The van der Waals surface area contributed by atoms with Crippen molar-refractivity contribution in [3.05, 3.63) is 95.6 Å². The second-order valence-electron chi connectivity index (χ2n) is 9.86. The highest BCUT2D eigenvalue weighted by atomic mass is 32.2. The Hall–Kier alpha value is -3.65. The number of benzene rings is 3. The number of carbonyl (C=O) groups is 2. The Kier molecular flexibility index (Phi) is 10.3. The molecule has 0 aliphatic heterocycles. The maximum Gasteiger partial charge on any atom is 0.264 e. The predicted octanol–water partition coefficient (Wildman–Crippen LogP) is 4.87. The lowest BCUT2D eigenvalue weighted by Crippen LogP contribution is -2.53. The van der Waals surface area contributed by atoms with Gasteiger partial charge in [-0.05, 0) is 75.4 Å². The summed E-state index contributed by atoms with van der Waals surface area (Å²) >= 11 is 0. The van der Waals surface area contributed by atoms with Crippen molar-refractivity contribution in [3.8, 4) is 0 Å². The highest BCUT2D eigenvalue weighted by Gasteiger charge is 2.33. The summed E-state index contributed by atoms with van der Waals surface area (Å²) in [5, 5.41) is 2.96. The summed E-state index contributed by atoms with van der Waals surface area (Å²) in [5.41, 5.74) is 3.14. The van der Waals surface area contributed by atoms with Gasteiger partial charge in [0.1, 0.15) is 12.6 Å². The third-order valence-electron chi connectivity index (χ3n) is 7.11. The first-order valence-electron chi connectivity index (χ1n) is 13.3. The Bertz CT molecular complexity index is 1360. The maximum absolute atomic E-state index is 14.0. The van der Waals surface area contributed by atoms with Crippen molar-refractivity contribution in [2.75, 3.05) is 17.4 Å². The van der Waals surface area contributed by atoms with Gasteiger partial charge >= 0.3 is 0 Å². The van der Waals surface area contributed by atoms with Gasteiger partial charge in [-0.25, -0.2) is 8.42 Å². The molecule has 0 aromatic heterocycles.